The molecule has 1 N–H and O–H groups in total. The number of sulfone groups is 1. The Balaban J connectivity index is 3.25. The average Bonchev–Trinajstić information content (AvgIpc) is 2.55. The molecule has 0 fully saturated rings. The van der Waals surface area contributed by atoms with Crippen LogP contribution in [0.5, 0.6) is 0 Å². The number of halogens is 3. The number of hydrogen-bond donors (Lipinski definition) is 1. The van der Waals surface area contributed by atoms with E-state index in [9.17, 15) is 26.9 Å². The highest BCUT2D eigenvalue weighted by atomic mass is 32.2. The van der Waals surface area contributed by atoms with Crippen molar-refractivity contribution in [1.29, 1.82) is 5.26 Å². The zero-order valence-corrected chi connectivity index (χ0v) is 14.9. The molecule has 1 aliphatic carbocycles. The number of rotatable bonds is 7. The monoisotopic (exact) mass is 378 g/mol. The van der Waals surface area contributed by atoms with Crippen molar-refractivity contribution in [3.05, 3.63) is 11.8 Å². The number of nitrogens with one attached hydrogen (secondary N) is 1. The van der Waals surface area contributed by atoms with Crippen LogP contribution in [0, 0.1) is 35.5 Å². The van der Waals surface area contributed by atoms with Crippen molar-refractivity contribution in [1.82, 2.24) is 5.48 Å². The van der Waals surface area contributed by atoms with Gasteiger partial charge in [0.05, 0.1) is 31.3 Å². The third kappa shape index (κ3) is 4.68. The second-order valence-corrected chi connectivity index (χ2v) is 8.30. The molecule has 3 atom stereocenters. The summed E-state index contributed by atoms with van der Waals surface area (Å²) < 4.78 is 61.0. The molecule has 9 heteroatoms. The molecule has 1 aliphatic rings. The molecule has 0 bridgehead atoms. The van der Waals surface area contributed by atoms with Crippen molar-refractivity contribution < 1.29 is 26.4 Å². The fourth-order valence-corrected chi connectivity index (χ4v) is 5.43. The van der Waals surface area contributed by atoms with Gasteiger partial charge in [-0.1, -0.05) is 6.08 Å². The van der Waals surface area contributed by atoms with Crippen LogP contribution < -0.4 is 5.48 Å². The molecule has 0 saturated carbocycles. The van der Waals surface area contributed by atoms with Crippen LogP contribution in [0.1, 0.15) is 32.6 Å². The molecule has 0 radical (unpaired) electrons. The Bertz CT molecular complexity index is 689. The highest BCUT2D eigenvalue weighted by Crippen LogP contribution is 2.42. The van der Waals surface area contributed by atoms with Gasteiger partial charge in [0.2, 0.25) is 0 Å². The summed E-state index contributed by atoms with van der Waals surface area (Å²) in [6, 6.07) is 1.78. The molecule has 0 aromatic carbocycles. The van der Waals surface area contributed by atoms with Gasteiger partial charge in [-0.2, -0.15) is 18.4 Å². The molecule has 0 amide bonds. The van der Waals surface area contributed by atoms with Gasteiger partial charge in [0.15, 0.2) is 14.6 Å². The second-order valence-electron chi connectivity index (χ2n) is 5.98. The lowest BCUT2D eigenvalue weighted by Gasteiger charge is -2.38. The van der Waals surface area contributed by atoms with E-state index in [4.69, 9.17) is 11.3 Å². The quantitative estimate of drug-likeness (QED) is 0.544. The predicted octanol–water partition coefficient (Wildman–Crippen LogP) is 2.72. The summed E-state index contributed by atoms with van der Waals surface area (Å²) in [4.78, 5) is 4.78. The van der Waals surface area contributed by atoms with E-state index in [-0.39, 0.29) is 6.42 Å². The molecule has 0 spiro atoms. The maximum atomic E-state index is 12.8. The zero-order valence-electron chi connectivity index (χ0n) is 14.1. The SMILES string of the molecule is C#CC(C)C(C#N)(C1CC=C(NOC)CC1)S(=O)(=O)CCC(F)(F)F. The highest BCUT2D eigenvalue weighted by Gasteiger charge is 2.54. The number of nitrogens with zero attached hydrogens (tertiary/aromatic N) is 1. The molecular formula is C16H21F3N2O3S. The third-order valence-corrected chi connectivity index (χ3v) is 7.04. The van der Waals surface area contributed by atoms with Crippen LogP contribution >= 0.6 is 0 Å². The first kappa shape index (κ1) is 21.3. The largest absolute Gasteiger partial charge is 0.390 e. The molecule has 0 heterocycles. The van der Waals surface area contributed by atoms with E-state index < -0.39 is 44.8 Å². The van der Waals surface area contributed by atoms with E-state index in [1.807, 2.05) is 0 Å². The first-order valence-corrected chi connectivity index (χ1v) is 9.33. The van der Waals surface area contributed by atoms with Crippen molar-refractivity contribution in [2.24, 2.45) is 11.8 Å². The third-order valence-electron chi connectivity index (χ3n) is 4.49. The van der Waals surface area contributed by atoms with Gasteiger partial charge in [-0.05, 0) is 32.1 Å². The maximum absolute atomic E-state index is 12.8. The minimum absolute atomic E-state index is 0.205. The van der Waals surface area contributed by atoms with Gasteiger partial charge in [-0.3, -0.25) is 10.3 Å². The highest BCUT2D eigenvalue weighted by molar-refractivity contribution is 7.93. The first-order valence-electron chi connectivity index (χ1n) is 7.68. The number of hydroxylamine groups is 1. The smallest absolute Gasteiger partial charge is 0.280 e. The van der Waals surface area contributed by atoms with E-state index in [2.05, 4.69) is 11.4 Å². The predicted molar refractivity (Wildman–Crippen MR) is 86.4 cm³/mol. The summed E-state index contributed by atoms with van der Waals surface area (Å²) in [7, 11) is -2.99. The maximum Gasteiger partial charge on any atom is 0.390 e. The molecule has 5 nitrogen and oxygen atoms in total. The van der Waals surface area contributed by atoms with Crippen LogP contribution in [0.15, 0.2) is 11.8 Å². The topological polar surface area (TPSA) is 79.2 Å². The second kappa shape index (κ2) is 8.11. The standard InChI is InChI=1S/C16H21F3N2O3S/c1-4-12(2)15(11-20,25(22,23)10-9-16(17,18)19)13-5-7-14(8-6-13)21-24-3/h1,7,12-13,21H,5-6,8-10H2,2-3H3. The Labute approximate surface area is 146 Å². The minimum atomic E-state index is -4.63. The van der Waals surface area contributed by atoms with Gasteiger partial charge in [0, 0.05) is 5.70 Å². The van der Waals surface area contributed by atoms with E-state index in [0.29, 0.717) is 12.8 Å². The van der Waals surface area contributed by atoms with E-state index in [0.717, 1.165) is 5.70 Å². The van der Waals surface area contributed by atoms with Crippen LogP contribution in [-0.4, -0.2) is 32.2 Å². The van der Waals surface area contributed by atoms with Gasteiger partial charge in [0.25, 0.3) is 0 Å². The van der Waals surface area contributed by atoms with Crippen molar-refractivity contribution in [3.63, 3.8) is 0 Å². The van der Waals surface area contributed by atoms with Gasteiger partial charge < -0.3 is 0 Å². The first-order chi connectivity index (χ1) is 11.5. The number of allylic oxidation sites excluding steroid dienone is 2. The van der Waals surface area contributed by atoms with Crippen molar-refractivity contribution in [3.8, 4) is 18.4 Å². The van der Waals surface area contributed by atoms with Crippen LogP contribution in [0.4, 0.5) is 13.2 Å². The number of terminal acetylenes is 1. The molecule has 25 heavy (non-hydrogen) atoms. The lowest BCUT2D eigenvalue weighted by Crippen LogP contribution is -2.51. The lowest BCUT2D eigenvalue weighted by molar-refractivity contribution is -0.130. The van der Waals surface area contributed by atoms with E-state index in [1.54, 1.807) is 12.1 Å². The average molecular weight is 378 g/mol. The van der Waals surface area contributed by atoms with Crippen LogP contribution in [0.3, 0.4) is 0 Å². The fraction of sp³-hybridized carbons (Fsp3) is 0.688. The van der Waals surface area contributed by atoms with E-state index in [1.165, 1.54) is 14.0 Å². The summed E-state index contributed by atoms with van der Waals surface area (Å²) in [5, 5.41) is 9.70. The molecule has 3 unspecified atom stereocenters. The number of hydrogen-bond acceptors (Lipinski definition) is 5. The van der Waals surface area contributed by atoms with E-state index >= 15 is 0 Å². The Morgan fingerprint density at radius 3 is 2.56 bits per heavy atom. The zero-order chi connectivity index (χ0) is 19.3. The Morgan fingerprint density at radius 2 is 2.16 bits per heavy atom. The molecule has 0 saturated heterocycles. The minimum Gasteiger partial charge on any atom is -0.280 e. The Hall–Kier alpha value is -1.71. The van der Waals surface area contributed by atoms with Crippen LogP contribution in [-0.2, 0) is 14.7 Å². The summed E-state index contributed by atoms with van der Waals surface area (Å²) in [6.07, 6.45) is 1.83. The van der Waals surface area contributed by atoms with Gasteiger partial charge in [0.1, 0.15) is 0 Å². The molecular weight excluding hydrogens is 357 g/mol. The van der Waals surface area contributed by atoms with Crippen molar-refractivity contribution >= 4 is 9.84 Å². The van der Waals surface area contributed by atoms with Gasteiger partial charge in [-0.25, -0.2) is 8.42 Å². The fourth-order valence-electron chi connectivity index (χ4n) is 3.12. The Morgan fingerprint density at radius 1 is 1.52 bits per heavy atom. The molecule has 0 aromatic heterocycles. The lowest BCUT2D eigenvalue weighted by atomic mass is 9.76. The van der Waals surface area contributed by atoms with Gasteiger partial charge in [-0.15, -0.1) is 12.3 Å². The summed E-state index contributed by atoms with van der Waals surface area (Å²) >= 11 is 0. The molecule has 0 aromatic rings. The normalized spacial score (nSPS) is 22.0. The van der Waals surface area contributed by atoms with Gasteiger partial charge >= 0.3 is 6.18 Å². The molecule has 140 valence electrons. The number of alkyl halides is 3. The molecule has 0 aliphatic heterocycles. The Kier molecular flexibility index (Phi) is 6.92. The number of nitriles is 1. The van der Waals surface area contributed by atoms with Crippen LogP contribution in [0.2, 0.25) is 0 Å². The van der Waals surface area contributed by atoms with Crippen molar-refractivity contribution in [2.45, 2.75) is 43.5 Å². The molecule has 1 rings (SSSR count). The van der Waals surface area contributed by atoms with Crippen molar-refractivity contribution in [2.75, 3.05) is 12.9 Å². The summed E-state index contributed by atoms with van der Waals surface area (Å²) in [6.45, 7) is 1.39. The summed E-state index contributed by atoms with van der Waals surface area (Å²) in [5.74, 6) is -0.630. The van der Waals surface area contributed by atoms with Crippen LogP contribution in [0.25, 0.3) is 0 Å². The summed E-state index contributed by atoms with van der Waals surface area (Å²) in [5.41, 5.74) is 3.37.